The summed E-state index contributed by atoms with van der Waals surface area (Å²) in [5, 5.41) is 19.6. The van der Waals surface area contributed by atoms with Crippen LogP contribution in [0, 0.1) is 16.2 Å². The third-order valence-corrected chi connectivity index (χ3v) is 13.2. The molecule has 2 fully saturated rings. The highest BCUT2D eigenvalue weighted by molar-refractivity contribution is 5.94. The predicted molar refractivity (Wildman–Crippen MR) is 284 cm³/mol. The molecule has 18 nitrogen and oxygen atoms in total. The fraction of sp³-hybridized carbons (Fsp3) is 0.537. The zero-order valence-corrected chi connectivity index (χ0v) is 44.1. The standard InChI is InChI=1S/C54H78N10O8/c1-12-21-55-45(38(5)71-11)34-48-44(35-54(6,7)36-72-58-70)43-33-40(19-20-47(43)63(48)13-2)41-29-39(30-42(65)32-41)31-46(52(68)64-26-15-14-22-56-64)57-51(67)50(37(3)4)60(10)53(69)62-25-17-24-61(27-28-62)49(66)18-16-23-59(8)9/h12,16,18-21,29-30,32-34,37-38,46,50,56,65H,1,13-15,17,22-28,31,35-36H2,2-11H3,(H,57,67)/b18-16+,45-34+,55-21?. The molecule has 5 amide bonds. The molecule has 0 bridgehead atoms. The Kier molecular flexibility index (Phi) is 20.7. The monoisotopic (exact) mass is 995 g/mol. The van der Waals surface area contributed by atoms with E-state index in [1.54, 1.807) is 59.5 Å². The lowest BCUT2D eigenvalue weighted by molar-refractivity contribution is -0.141. The summed E-state index contributed by atoms with van der Waals surface area (Å²) in [5.74, 6) is -1.25. The number of aryl methyl sites for hydroxylation is 1. The molecule has 3 N–H and O–H groups in total. The van der Waals surface area contributed by atoms with Crippen LogP contribution in [-0.4, -0.2) is 163 Å². The van der Waals surface area contributed by atoms with E-state index in [0.29, 0.717) is 82.0 Å². The molecule has 392 valence electrons. The van der Waals surface area contributed by atoms with E-state index < -0.39 is 23.4 Å². The molecule has 2 aliphatic rings. The van der Waals surface area contributed by atoms with E-state index in [0.717, 1.165) is 40.6 Å². The van der Waals surface area contributed by atoms with E-state index in [9.17, 15) is 29.2 Å². The number of aromatic hydroxyl groups is 1. The SMILES string of the molecule is C=CC=N/C(=C/c1c(CC(C)(C)CON=O)c2cc(-c3cc(O)cc(CC(NC(=O)C(C(C)C)N(C)C(=O)N4CCCN(C(=O)/C=C/CN(C)C)CC4)C(=O)N4CCCCN4)c3)ccc2n1CC)C(C)OC. The number of aliphatic imine (C=N–C) groups is 1. The maximum Gasteiger partial charge on any atom is 0.320 e. The highest BCUT2D eigenvalue weighted by Crippen LogP contribution is 2.38. The number of hydrogen-bond acceptors (Lipinski definition) is 12. The first-order valence-electron chi connectivity index (χ1n) is 25.1. The molecule has 18 heteroatoms. The molecule has 5 rings (SSSR count). The van der Waals surface area contributed by atoms with Crippen LogP contribution in [0.15, 0.2) is 77.2 Å². The number of hydrogen-bond donors (Lipinski definition) is 3. The molecule has 3 atom stereocenters. The first kappa shape index (κ1) is 56.5. The number of urea groups is 1. The van der Waals surface area contributed by atoms with Gasteiger partial charge in [0.2, 0.25) is 11.8 Å². The number of phenolic OH excluding ortho intramolecular Hbond substituents is 1. The molecule has 3 heterocycles. The first-order valence-corrected chi connectivity index (χ1v) is 25.1. The Balaban J connectivity index is 1.49. The Hall–Kier alpha value is -6.37. The number of likely N-dealkylation sites (N-methyl/N-ethyl adjacent to an activating group) is 2. The van der Waals surface area contributed by atoms with E-state index in [-0.39, 0.29) is 48.6 Å². The van der Waals surface area contributed by atoms with Gasteiger partial charge in [0.1, 0.15) is 24.4 Å². The van der Waals surface area contributed by atoms with E-state index in [2.05, 4.69) is 45.2 Å². The number of ether oxygens (including phenoxy) is 1. The topological polar surface area (TPSA) is 194 Å². The van der Waals surface area contributed by atoms with Gasteiger partial charge in [0.05, 0.1) is 11.8 Å². The van der Waals surface area contributed by atoms with Crippen molar-refractivity contribution in [1.82, 2.24) is 39.9 Å². The number of amides is 5. The molecule has 0 radical (unpaired) electrons. The number of nitrogens with zero attached hydrogens (tertiary/aromatic N) is 8. The molecule has 1 aromatic heterocycles. The van der Waals surface area contributed by atoms with Crippen LogP contribution < -0.4 is 10.7 Å². The summed E-state index contributed by atoms with van der Waals surface area (Å²) in [6.07, 6.45) is 11.2. The number of carbonyl (C=O) groups is 4. The van der Waals surface area contributed by atoms with Crippen molar-refractivity contribution in [3.8, 4) is 16.9 Å². The van der Waals surface area contributed by atoms with Crippen molar-refractivity contribution < 1.29 is 33.9 Å². The summed E-state index contributed by atoms with van der Waals surface area (Å²) < 4.78 is 7.93. The highest BCUT2D eigenvalue weighted by Gasteiger charge is 2.37. The van der Waals surface area contributed by atoms with Gasteiger partial charge in [0, 0.05) is 107 Å². The second kappa shape index (κ2) is 26.4. The number of rotatable bonds is 22. The number of phenols is 1. The minimum Gasteiger partial charge on any atom is -0.508 e. The zero-order valence-electron chi connectivity index (χ0n) is 44.1. The van der Waals surface area contributed by atoms with Crippen LogP contribution >= 0.6 is 0 Å². The van der Waals surface area contributed by atoms with Crippen LogP contribution in [0.5, 0.6) is 5.75 Å². The van der Waals surface area contributed by atoms with E-state index in [1.165, 1.54) is 4.90 Å². The van der Waals surface area contributed by atoms with Gasteiger partial charge in [-0.05, 0) is 112 Å². The van der Waals surface area contributed by atoms with Crippen LogP contribution in [0.4, 0.5) is 4.79 Å². The Morgan fingerprint density at radius 2 is 1.71 bits per heavy atom. The maximum atomic E-state index is 14.6. The molecule has 0 aliphatic carbocycles. The van der Waals surface area contributed by atoms with Crippen molar-refractivity contribution in [2.75, 3.05) is 80.7 Å². The smallest absolute Gasteiger partial charge is 0.320 e. The van der Waals surface area contributed by atoms with Gasteiger partial charge in [-0.2, -0.15) is 0 Å². The van der Waals surface area contributed by atoms with Gasteiger partial charge >= 0.3 is 6.03 Å². The molecular formula is C54H78N10O8. The van der Waals surface area contributed by atoms with E-state index in [1.807, 2.05) is 84.0 Å². The summed E-state index contributed by atoms with van der Waals surface area (Å²) in [7, 11) is 7.10. The second-order valence-electron chi connectivity index (χ2n) is 20.2. The molecular weight excluding hydrogens is 917 g/mol. The molecule has 3 aromatic rings. The van der Waals surface area contributed by atoms with Gasteiger partial charge < -0.3 is 44.2 Å². The Labute approximate surface area is 425 Å². The van der Waals surface area contributed by atoms with E-state index >= 15 is 0 Å². The quantitative estimate of drug-likeness (QED) is 0.0417. The summed E-state index contributed by atoms with van der Waals surface area (Å²) in [4.78, 5) is 83.8. The minimum atomic E-state index is -1.06. The van der Waals surface area contributed by atoms with Crippen LogP contribution in [0.25, 0.3) is 28.1 Å². The minimum absolute atomic E-state index is 0.0168. The molecule has 2 saturated heterocycles. The second-order valence-corrected chi connectivity index (χ2v) is 20.2. The number of benzene rings is 2. The van der Waals surface area contributed by atoms with Crippen molar-refractivity contribution in [2.45, 2.75) is 98.4 Å². The number of allylic oxidation sites excluding steroid dienone is 1. The van der Waals surface area contributed by atoms with E-state index in [4.69, 9.17) is 9.57 Å². The molecule has 72 heavy (non-hydrogen) atoms. The van der Waals surface area contributed by atoms with Gasteiger partial charge in [-0.1, -0.05) is 58.6 Å². The lowest BCUT2D eigenvalue weighted by atomic mass is 9.85. The van der Waals surface area contributed by atoms with Gasteiger partial charge in [0.25, 0.3) is 5.91 Å². The van der Waals surface area contributed by atoms with Crippen molar-refractivity contribution in [3.63, 3.8) is 0 Å². The predicted octanol–water partition coefficient (Wildman–Crippen LogP) is 6.82. The van der Waals surface area contributed by atoms with Gasteiger partial charge in [-0.25, -0.2) is 10.2 Å². The number of aromatic nitrogens is 1. The molecule has 0 saturated carbocycles. The Morgan fingerprint density at radius 3 is 2.36 bits per heavy atom. The fourth-order valence-corrected chi connectivity index (χ4v) is 9.49. The largest absolute Gasteiger partial charge is 0.508 e. The van der Waals surface area contributed by atoms with Gasteiger partial charge in [0.15, 0.2) is 5.34 Å². The lowest BCUT2D eigenvalue weighted by Gasteiger charge is -2.36. The van der Waals surface area contributed by atoms with Crippen molar-refractivity contribution >= 4 is 46.9 Å². The number of carbonyl (C=O) groups excluding carboxylic acids is 4. The molecule has 0 spiro atoms. The van der Waals surface area contributed by atoms with Gasteiger partial charge in [-0.3, -0.25) is 24.4 Å². The number of nitrogens with one attached hydrogen (secondary N) is 2. The number of hydrazine groups is 1. The number of fused-ring (bicyclic) bond motifs is 1. The molecule has 2 aliphatic heterocycles. The van der Waals surface area contributed by atoms with Crippen molar-refractivity contribution in [3.05, 3.63) is 88.6 Å². The summed E-state index contributed by atoms with van der Waals surface area (Å²) in [6, 6.07) is 9.01. The third-order valence-electron chi connectivity index (χ3n) is 13.2. The Morgan fingerprint density at radius 1 is 0.972 bits per heavy atom. The average molecular weight is 995 g/mol. The summed E-state index contributed by atoms with van der Waals surface area (Å²) in [6.45, 7) is 19.6. The van der Waals surface area contributed by atoms with Crippen molar-refractivity contribution in [2.24, 2.45) is 21.7 Å². The summed E-state index contributed by atoms with van der Waals surface area (Å²) >= 11 is 0. The zero-order chi connectivity index (χ0) is 52.7. The first-order chi connectivity index (χ1) is 34.3. The maximum absolute atomic E-state index is 14.6. The molecule has 3 unspecified atom stereocenters. The lowest BCUT2D eigenvalue weighted by Crippen LogP contribution is -2.60. The highest BCUT2D eigenvalue weighted by atomic mass is 16.7. The van der Waals surface area contributed by atoms with Crippen molar-refractivity contribution in [1.29, 1.82) is 0 Å². The van der Waals surface area contributed by atoms with Crippen LogP contribution in [0.2, 0.25) is 0 Å². The Bertz CT molecular complexity index is 2470. The normalized spacial score (nSPS) is 16.3. The average Bonchev–Trinajstić information content (AvgIpc) is 3.45. The fourth-order valence-electron chi connectivity index (χ4n) is 9.49. The van der Waals surface area contributed by atoms with Crippen LogP contribution in [-0.2, 0) is 43.3 Å². The van der Waals surface area contributed by atoms with Crippen LogP contribution in [0.1, 0.15) is 77.6 Å². The molecule has 2 aromatic carbocycles. The third kappa shape index (κ3) is 14.9. The summed E-state index contributed by atoms with van der Waals surface area (Å²) in [5.41, 5.74) is 8.34. The van der Waals surface area contributed by atoms with Crippen LogP contribution in [0.3, 0.4) is 0 Å². The van der Waals surface area contributed by atoms with Gasteiger partial charge in [-0.15, -0.1) is 4.91 Å². The number of methoxy groups -OCH3 is 1.